The van der Waals surface area contributed by atoms with Gasteiger partial charge in [-0.2, -0.15) is 0 Å². The molecule has 9 nitrogen and oxygen atoms in total. The molecule has 2 aliphatic carbocycles. The average Bonchev–Trinajstić information content (AvgIpc) is 2.75. The Hall–Kier alpha value is -1.81. The zero-order chi connectivity index (χ0) is 26.6. The molecule has 0 aromatic rings. The van der Waals surface area contributed by atoms with Gasteiger partial charge in [0.2, 0.25) is 0 Å². The highest BCUT2D eigenvalue weighted by Crippen LogP contribution is 2.67. The number of carbonyl (C=O) groups is 3. The molecule has 4 unspecified atom stereocenters. The first-order valence-corrected chi connectivity index (χ1v) is 12.4. The highest BCUT2D eigenvalue weighted by atomic mass is 16.6. The summed E-state index contributed by atoms with van der Waals surface area (Å²) in [5.74, 6) is -2.49. The maximum atomic E-state index is 13.9. The van der Waals surface area contributed by atoms with Crippen molar-refractivity contribution in [3.8, 4) is 0 Å². The van der Waals surface area contributed by atoms with Gasteiger partial charge in [0.25, 0.3) is 0 Å². The Morgan fingerprint density at radius 1 is 1.23 bits per heavy atom. The van der Waals surface area contributed by atoms with Gasteiger partial charge in [-0.05, 0) is 45.1 Å². The Morgan fingerprint density at radius 2 is 1.86 bits per heavy atom. The van der Waals surface area contributed by atoms with E-state index in [4.69, 9.17) is 19.9 Å². The topological polar surface area (TPSA) is 145 Å². The molecule has 198 valence electrons. The molecule has 3 aliphatic rings. The molecule has 2 saturated carbocycles. The lowest BCUT2D eigenvalue weighted by Crippen LogP contribution is -2.87. The summed E-state index contributed by atoms with van der Waals surface area (Å²) in [6.45, 7) is 14.0. The Bertz CT molecular complexity index is 904. The Kier molecular flexibility index (Phi) is 7.09. The lowest BCUT2D eigenvalue weighted by Gasteiger charge is -2.71. The van der Waals surface area contributed by atoms with Crippen molar-refractivity contribution >= 4 is 17.7 Å². The van der Waals surface area contributed by atoms with Crippen molar-refractivity contribution in [2.75, 3.05) is 6.54 Å². The van der Waals surface area contributed by atoms with Crippen LogP contribution in [-0.2, 0) is 28.6 Å². The lowest BCUT2D eigenvalue weighted by molar-refractivity contribution is -0.371. The fourth-order valence-corrected chi connectivity index (χ4v) is 7.20. The van der Waals surface area contributed by atoms with Crippen LogP contribution in [0, 0.1) is 16.7 Å². The van der Waals surface area contributed by atoms with Crippen LogP contribution in [0.5, 0.6) is 0 Å². The molecule has 0 radical (unpaired) electrons. The predicted octanol–water partition coefficient (Wildman–Crippen LogP) is 1.81. The first-order chi connectivity index (χ1) is 16.0. The number of aliphatic hydroxyl groups excluding tert-OH is 1. The van der Waals surface area contributed by atoms with Crippen molar-refractivity contribution in [1.29, 1.82) is 0 Å². The van der Waals surface area contributed by atoms with Crippen molar-refractivity contribution in [2.45, 2.75) is 109 Å². The molecule has 1 heterocycles. The molecule has 1 aliphatic heterocycles. The SMILES string of the molecule is C=C[C@@]1(C)CC(=O)C2(O)[C@@]3(C)C(O)CCC(C)(C)C3[C@H](OC(=O)CCCN)C(OC(C)=O)[C@@]2(C)O1. The van der Waals surface area contributed by atoms with Crippen LogP contribution in [0.25, 0.3) is 0 Å². The summed E-state index contributed by atoms with van der Waals surface area (Å²) in [6, 6.07) is 0. The summed E-state index contributed by atoms with van der Waals surface area (Å²) in [6.07, 6.45) is -0.887. The van der Waals surface area contributed by atoms with Gasteiger partial charge in [0, 0.05) is 31.1 Å². The zero-order valence-corrected chi connectivity index (χ0v) is 21.8. The minimum atomic E-state index is -2.25. The van der Waals surface area contributed by atoms with Gasteiger partial charge in [0.15, 0.2) is 17.5 Å². The van der Waals surface area contributed by atoms with Crippen LogP contribution in [0.4, 0.5) is 0 Å². The first kappa shape index (κ1) is 27.8. The van der Waals surface area contributed by atoms with Gasteiger partial charge >= 0.3 is 11.9 Å². The fourth-order valence-electron chi connectivity index (χ4n) is 7.20. The van der Waals surface area contributed by atoms with Crippen molar-refractivity contribution in [3.05, 3.63) is 12.7 Å². The average molecular weight is 496 g/mol. The number of Topliss-reactive ketones (excluding diaryl/α,β-unsaturated/α-hetero) is 1. The molecule has 0 aromatic carbocycles. The molecular formula is C26H41NO8. The molecule has 0 amide bonds. The van der Waals surface area contributed by atoms with Crippen LogP contribution in [0.2, 0.25) is 0 Å². The summed E-state index contributed by atoms with van der Waals surface area (Å²) in [7, 11) is 0. The maximum Gasteiger partial charge on any atom is 0.306 e. The summed E-state index contributed by atoms with van der Waals surface area (Å²) in [5.41, 5.74) is -1.78. The van der Waals surface area contributed by atoms with Crippen molar-refractivity contribution < 1.29 is 38.8 Å². The van der Waals surface area contributed by atoms with E-state index in [0.29, 0.717) is 25.8 Å². The standard InChI is InChI=1S/C26H41NO8/c1-8-23(5)14-17(30)26(32)24(6)16(29)11-12-22(3,4)20(24)19(34-18(31)10-9-13-27)21(33-15(2)28)25(26,7)35-23/h8,16,19-21,29,32H,1,9-14,27H2,2-7H3/t16?,19-,20?,21?,23-,24-,25+,26?/m0/s1. The third-order valence-electron chi connectivity index (χ3n) is 8.85. The minimum absolute atomic E-state index is 0.0529. The van der Waals surface area contributed by atoms with Gasteiger partial charge in [-0.3, -0.25) is 14.4 Å². The van der Waals surface area contributed by atoms with E-state index in [1.54, 1.807) is 13.8 Å². The van der Waals surface area contributed by atoms with Crippen LogP contribution in [0.3, 0.4) is 0 Å². The summed E-state index contributed by atoms with van der Waals surface area (Å²) >= 11 is 0. The van der Waals surface area contributed by atoms with Gasteiger partial charge < -0.3 is 30.2 Å². The molecule has 0 bridgehead atoms. The smallest absolute Gasteiger partial charge is 0.306 e. The van der Waals surface area contributed by atoms with Gasteiger partial charge in [-0.1, -0.05) is 26.8 Å². The maximum absolute atomic E-state index is 13.9. The van der Waals surface area contributed by atoms with Crippen LogP contribution < -0.4 is 5.73 Å². The lowest BCUT2D eigenvalue weighted by atomic mass is 9.39. The molecule has 9 heteroatoms. The highest BCUT2D eigenvalue weighted by Gasteiger charge is 2.82. The molecule has 35 heavy (non-hydrogen) atoms. The van der Waals surface area contributed by atoms with Crippen LogP contribution in [0.1, 0.15) is 73.6 Å². The van der Waals surface area contributed by atoms with Crippen molar-refractivity contribution in [1.82, 2.24) is 0 Å². The normalized spacial score (nSPS) is 44.5. The number of carbonyl (C=O) groups excluding carboxylic acids is 3. The summed E-state index contributed by atoms with van der Waals surface area (Å²) in [4.78, 5) is 39.1. The van der Waals surface area contributed by atoms with E-state index in [0.717, 1.165) is 0 Å². The third-order valence-corrected chi connectivity index (χ3v) is 8.85. The monoisotopic (exact) mass is 495 g/mol. The number of aliphatic hydroxyl groups is 2. The molecule has 3 rings (SSSR count). The van der Waals surface area contributed by atoms with Gasteiger partial charge in [-0.25, -0.2) is 0 Å². The molecule has 4 N–H and O–H groups in total. The predicted molar refractivity (Wildman–Crippen MR) is 127 cm³/mol. The van der Waals surface area contributed by atoms with E-state index in [1.807, 2.05) is 13.8 Å². The molecule has 0 spiro atoms. The number of ether oxygens (including phenoxy) is 3. The number of rotatable bonds is 6. The van der Waals surface area contributed by atoms with Crippen LogP contribution >= 0.6 is 0 Å². The minimum Gasteiger partial charge on any atom is -0.458 e. The zero-order valence-electron chi connectivity index (χ0n) is 21.8. The molecule has 1 saturated heterocycles. The second-order valence-corrected chi connectivity index (χ2v) is 11.7. The molecule has 3 fully saturated rings. The number of hydrogen-bond donors (Lipinski definition) is 3. The van der Waals surface area contributed by atoms with Crippen LogP contribution in [0.15, 0.2) is 12.7 Å². The second kappa shape index (κ2) is 8.94. The number of nitrogens with two attached hydrogens (primary N) is 1. The van der Waals surface area contributed by atoms with Gasteiger partial charge in [0.1, 0.15) is 11.7 Å². The Morgan fingerprint density at radius 3 is 2.40 bits per heavy atom. The van der Waals surface area contributed by atoms with E-state index in [1.165, 1.54) is 19.9 Å². The summed E-state index contributed by atoms with van der Waals surface area (Å²) < 4.78 is 18.2. The van der Waals surface area contributed by atoms with Crippen LogP contribution in [-0.4, -0.2) is 69.6 Å². The molecule has 8 atom stereocenters. The fraction of sp³-hybridized carbons (Fsp3) is 0.808. The third kappa shape index (κ3) is 3.95. The molecular weight excluding hydrogens is 454 g/mol. The van der Waals surface area contributed by atoms with Crippen molar-refractivity contribution in [3.63, 3.8) is 0 Å². The van der Waals surface area contributed by atoms with Crippen molar-refractivity contribution in [2.24, 2.45) is 22.5 Å². The van der Waals surface area contributed by atoms with Gasteiger partial charge in [-0.15, -0.1) is 6.58 Å². The number of fused-ring (bicyclic) bond motifs is 3. The Balaban J connectivity index is 2.32. The summed E-state index contributed by atoms with van der Waals surface area (Å²) in [5, 5.41) is 23.9. The largest absolute Gasteiger partial charge is 0.458 e. The molecule has 0 aromatic heterocycles. The Labute approximate surface area is 207 Å². The number of ketones is 1. The quantitative estimate of drug-likeness (QED) is 0.371. The first-order valence-electron chi connectivity index (χ1n) is 12.4. The van der Waals surface area contributed by atoms with E-state index in [-0.39, 0.29) is 12.8 Å². The number of esters is 2. The highest BCUT2D eigenvalue weighted by molar-refractivity contribution is 5.92. The van der Waals surface area contributed by atoms with Gasteiger partial charge in [0.05, 0.1) is 11.7 Å². The van der Waals surface area contributed by atoms with E-state index >= 15 is 0 Å². The number of hydrogen-bond acceptors (Lipinski definition) is 9. The van der Waals surface area contributed by atoms with E-state index < -0.39 is 69.6 Å². The van der Waals surface area contributed by atoms with E-state index in [9.17, 15) is 24.6 Å². The second-order valence-electron chi connectivity index (χ2n) is 11.7. The van der Waals surface area contributed by atoms with E-state index in [2.05, 4.69) is 6.58 Å².